The second-order valence-electron chi connectivity index (χ2n) is 4.42. The van der Waals surface area contributed by atoms with E-state index in [1.807, 2.05) is 42.5 Å². The number of aromatic nitrogens is 2. The molecular formula is C16H10N2O2. The van der Waals surface area contributed by atoms with Crippen LogP contribution in [-0.2, 0) is 0 Å². The fourth-order valence-corrected chi connectivity index (χ4v) is 2.14. The van der Waals surface area contributed by atoms with Gasteiger partial charge in [-0.25, -0.2) is 4.98 Å². The summed E-state index contributed by atoms with van der Waals surface area (Å²) in [5, 5.41) is 1.05. The summed E-state index contributed by atoms with van der Waals surface area (Å²) < 4.78 is 11.1. The van der Waals surface area contributed by atoms with Gasteiger partial charge in [-0.05, 0) is 24.3 Å². The highest BCUT2D eigenvalue weighted by Gasteiger charge is 2.10. The van der Waals surface area contributed by atoms with Crippen LogP contribution in [0.15, 0.2) is 70.0 Å². The molecule has 4 rings (SSSR count). The predicted octanol–water partition coefficient (Wildman–Crippen LogP) is 4.15. The molecule has 0 aliphatic rings. The summed E-state index contributed by atoms with van der Waals surface area (Å²) in [5.74, 6) is 1.39. The van der Waals surface area contributed by atoms with E-state index in [0.717, 1.165) is 11.0 Å². The average Bonchev–Trinajstić information content (AvgIpc) is 3.16. The van der Waals surface area contributed by atoms with Crippen LogP contribution in [0.1, 0.15) is 0 Å². The monoisotopic (exact) mass is 262 g/mol. The second kappa shape index (κ2) is 4.35. The molecule has 0 saturated heterocycles. The molecule has 0 aliphatic carbocycles. The molecule has 0 fully saturated rings. The van der Waals surface area contributed by atoms with E-state index < -0.39 is 0 Å². The third-order valence-corrected chi connectivity index (χ3v) is 3.09. The molecule has 4 aromatic rings. The van der Waals surface area contributed by atoms with Gasteiger partial charge in [0, 0.05) is 5.39 Å². The molecule has 3 heterocycles. The molecule has 20 heavy (non-hydrogen) atoms. The molecule has 0 aliphatic heterocycles. The van der Waals surface area contributed by atoms with Crippen molar-refractivity contribution in [3.63, 3.8) is 0 Å². The van der Waals surface area contributed by atoms with Gasteiger partial charge in [0.1, 0.15) is 17.0 Å². The van der Waals surface area contributed by atoms with Gasteiger partial charge in [-0.1, -0.05) is 18.2 Å². The van der Waals surface area contributed by atoms with Crippen molar-refractivity contribution < 1.29 is 8.83 Å². The molecule has 0 radical (unpaired) electrons. The first-order valence-electron chi connectivity index (χ1n) is 6.25. The fraction of sp³-hybridized carbons (Fsp3) is 0. The van der Waals surface area contributed by atoms with Crippen molar-refractivity contribution in [2.24, 2.45) is 0 Å². The van der Waals surface area contributed by atoms with E-state index in [0.29, 0.717) is 22.9 Å². The highest BCUT2D eigenvalue weighted by molar-refractivity contribution is 5.82. The number of rotatable bonds is 2. The summed E-state index contributed by atoms with van der Waals surface area (Å²) in [6.45, 7) is 0. The van der Waals surface area contributed by atoms with Crippen molar-refractivity contribution in [1.29, 1.82) is 0 Å². The first-order chi connectivity index (χ1) is 9.90. The van der Waals surface area contributed by atoms with E-state index in [-0.39, 0.29) is 0 Å². The maximum Gasteiger partial charge on any atom is 0.155 e. The Kier molecular flexibility index (Phi) is 2.39. The minimum absolute atomic E-state index is 0.688. The van der Waals surface area contributed by atoms with Gasteiger partial charge in [-0.2, -0.15) is 0 Å². The Hall–Kier alpha value is -2.88. The van der Waals surface area contributed by atoms with E-state index in [1.54, 1.807) is 18.7 Å². The molecule has 0 bridgehead atoms. The quantitative estimate of drug-likeness (QED) is 0.544. The molecule has 0 unspecified atom stereocenters. The Morgan fingerprint density at radius 3 is 2.50 bits per heavy atom. The van der Waals surface area contributed by atoms with Gasteiger partial charge in [0.2, 0.25) is 0 Å². The third-order valence-electron chi connectivity index (χ3n) is 3.09. The lowest BCUT2D eigenvalue weighted by Crippen LogP contribution is -1.87. The summed E-state index contributed by atoms with van der Waals surface area (Å²) in [6, 6.07) is 13.5. The molecular weight excluding hydrogens is 252 g/mol. The van der Waals surface area contributed by atoms with Crippen LogP contribution in [0.3, 0.4) is 0 Å². The highest BCUT2D eigenvalue weighted by atomic mass is 16.3. The maximum atomic E-state index is 5.79. The zero-order chi connectivity index (χ0) is 13.4. The molecule has 1 aromatic carbocycles. The van der Waals surface area contributed by atoms with E-state index in [9.17, 15) is 0 Å². The normalized spacial score (nSPS) is 11.0. The largest absolute Gasteiger partial charge is 0.463 e. The zero-order valence-electron chi connectivity index (χ0n) is 10.5. The van der Waals surface area contributed by atoms with Crippen LogP contribution in [0.4, 0.5) is 0 Å². The lowest BCUT2D eigenvalue weighted by Gasteiger charge is -1.98. The van der Waals surface area contributed by atoms with E-state index >= 15 is 0 Å². The Bertz CT molecular complexity index is 830. The summed E-state index contributed by atoms with van der Waals surface area (Å²) in [4.78, 5) is 8.74. The predicted molar refractivity (Wildman–Crippen MR) is 74.9 cm³/mol. The van der Waals surface area contributed by atoms with Crippen LogP contribution in [0.25, 0.3) is 33.9 Å². The number of nitrogens with zero attached hydrogens (tertiary/aromatic N) is 2. The van der Waals surface area contributed by atoms with Crippen molar-refractivity contribution in [3.8, 4) is 22.9 Å². The lowest BCUT2D eigenvalue weighted by molar-refractivity contribution is 0.579. The molecule has 0 N–H and O–H groups in total. The minimum atomic E-state index is 0.688. The first kappa shape index (κ1) is 11.0. The second-order valence-corrected chi connectivity index (χ2v) is 4.42. The van der Waals surface area contributed by atoms with Crippen LogP contribution in [0.5, 0.6) is 0 Å². The van der Waals surface area contributed by atoms with Gasteiger partial charge in [-0.3, -0.25) is 4.98 Å². The van der Waals surface area contributed by atoms with Crippen LogP contribution >= 0.6 is 0 Å². The number of furan rings is 2. The molecule has 0 saturated carbocycles. The van der Waals surface area contributed by atoms with Crippen LogP contribution in [0, 0.1) is 0 Å². The van der Waals surface area contributed by atoms with Crippen LogP contribution in [-0.4, -0.2) is 9.97 Å². The zero-order valence-corrected chi connectivity index (χ0v) is 10.5. The van der Waals surface area contributed by atoms with Gasteiger partial charge >= 0.3 is 0 Å². The molecule has 96 valence electrons. The standard InChI is InChI=1S/C16H10N2O2/c1-2-5-14-11(4-1)8-16(20-14)13-10-17-9-12(18-13)15-6-3-7-19-15/h1-10H. The molecule has 3 aromatic heterocycles. The van der Waals surface area contributed by atoms with E-state index in [1.165, 1.54) is 0 Å². The number of benzene rings is 1. The van der Waals surface area contributed by atoms with Crippen molar-refractivity contribution in [2.45, 2.75) is 0 Å². The Morgan fingerprint density at radius 1 is 0.850 bits per heavy atom. The summed E-state index contributed by atoms with van der Waals surface area (Å²) in [6.07, 6.45) is 4.97. The number of fused-ring (bicyclic) bond motifs is 1. The Balaban J connectivity index is 1.84. The topological polar surface area (TPSA) is 52.1 Å². The average molecular weight is 262 g/mol. The van der Waals surface area contributed by atoms with Crippen molar-refractivity contribution in [1.82, 2.24) is 9.97 Å². The number of hydrogen-bond donors (Lipinski definition) is 0. The van der Waals surface area contributed by atoms with Gasteiger partial charge in [-0.15, -0.1) is 0 Å². The summed E-state index contributed by atoms with van der Waals surface area (Å²) >= 11 is 0. The summed E-state index contributed by atoms with van der Waals surface area (Å²) in [5.41, 5.74) is 2.22. The number of hydrogen-bond acceptors (Lipinski definition) is 4. The van der Waals surface area contributed by atoms with Gasteiger partial charge in [0.15, 0.2) is 11.5 Å². The Labute approximate surface area is 114 Å². The van der Waals surface area contributed by atoms with Crippen LogP contribution in [0.2, 0.25) is 0 Å². The lowest BCUT2D eigenvalue weighted by atomic mass is 10.2. The summed E-state index contributed by atoms with van der Waals surface area (Å²) in [7, 11) is 0. The molecule has 0 spiro atoms. The van der Waals surface area contributed by atoms with Crippen molar-refractivity contribution in [3.05, 3.63) is 61.1 Å². The number of para-hydroxylation sites is 1. The molecule has 4 nitrogen and oxygen atoms in total. The van der Waals surface area contributed by atoms with Crippen molar-refractivity contribution >= 4 is 11.0 Å². The molecule has 4 heteroatoms. The molecule has 0 amide bonds. The van der Waals surface area contributed by atoms with Gasteiger partial charge in [0.25, 0.3) is 0 Å². The molecule has 0 atom stereocenters. The smallest absolute Gasteiger partial charge is 0.155 e. The highest BCUT2D eigenvalue weighted by Crippen LogP contribution is 2.27. The first-order valence-corrected chi connectivity index (χ1v) is 6.25. The van der Waals surface area contributed by atoms with E-state index in [4.69, 9.17) is 8.83 Å². The van der Waals surface area contributed by atoms with Crippen LogP contribution < -0.4 is 0 Å². The minimum Gasteiger partial charge on any atom is -0.463 e. The van der Waals surface area contributed by atoms with Gasteiger partial charge < -0.3 is 8.83 Å². The third kappa shape index (κ3) is 1.78. The van der Waals surface area contributed by atoms with Gasteiger partial charge in [0.05, 0.1) is 18.7 Å². The van der Waals surface area contributed by atoms with Crippen molar-refractivity contribution in [2.75, 3.05) is 0 Å². The maximum absolute atomic E-state index is 5.79. The Morgan fingerprint density at radius 2 is 1.70 bits per heavy atom. The SMILES string of the molecule is c1coc(-c2cncc(-c3cc4ccccc4o3)n2)c1. The fourth-order valence-electron chi connectivity index (χ4n) is 2.14. The van der Waals surface area contributed by atoms with E-state index in [2.05, 4.69) is 9.97 Å².